The molecular weight excluding hydrogens is 266 g/mol. The molecule has 4 nitrogen and oxygen atoms in total. The van der Waals surface area contributed by atoms with E-state index < -0.39 is 12.0 Å². The lowest BCUT2D eigenvalue weighted by molar-refractivity contribution is -0.152. The zero-order valence-corrected chi connectivity index (χ0v) is 12.3. The van der Waals surface area contributed by atoms with Crippen LogP contribution in [0.15, 0.2) is 24.3 Å². The van der Waals surface area contributed by atoms with E-state index >= 15 is 0 Å². The van der Waals surface area contributed by atoms with E-state index in [2.05, 4.69) is 19.1 Å². The molecule has 0 bridgehead atoms. The lowest BCUT2D eigenvalue weighted by atomic mass is 10.00. The van der Waals surface area contributed by atoms with Crippen LogP contribution in [0.1, 0.15) is 42.7 Å². The van der Waals surface area contributed by atoms with Crippen LogP contribution in [0.5, 0.6) is 0 Å². The van der Waals surface area contributed by atoms with Crippen LogP contribution in [-0.4, -0.2) is 34.5 Å². The first kappa shape index (κ1) is 14.1. The Hall–Kier alpha value is -1.84. The highest BCUT2D eigenvalue weighted by Crippen LogP contribution is 2.49. The van der Waals surface area contributed by atoms with Gasteiger partial charge in [-0.1, -0.05) is 24.3 Å². The Balaban J connectivity index is 1.72. The second kappa shape index (κ2) is 5.51. The van der Waals surface area contributed by atoms with Gasteiger partial charge in [0.25, 0.3) is 0 Å². The Morgan fingerprint density at radius 3 is 2.71 bits per heavy atom. The summed E-state index contributed by atoms with van der Waals surface area (Å²) < 4.78 is 0. The summed E-state index contributed by atoms with van der Waals surface area (Å²) in [6.45, 7) is 2.66. The minimum Gasteiger partial charge on any atom is -0.480 e. The summed E-state index contributed by atoms with van der Waals surface area (Å²) in [5.74, 6) is -0.576. The maximum Gasteiger partial charge on any atom is 0.326 e. The van der Waals surface area contributed by atoms with Gasteiger partial charge in [-0.05, 0) is 49.7 Å². The first-order chi connectivity index (χ1) is 10.1. The maximum absolute atomic E-state index is 12.6. The highest BCUT2D eigenvalue weighted by atomic mass is 16.4. The zero-order chi connectivity index (χ0) is 15.0. The van der Waals surface area contributed by atoms with E-state index in [1.165, 1.54) is 11.1 Å². The van der Waals surface area contributed by atoms with Crippen LogP contribution in [0.25, 0.3) is 0 Å². The third-order valence-corrected chi connectivity index (χ3v) is 4.77. The van der Waals surface area contributed by atoms with Gasteiger partial charge in [-0.3, -0.25) is 4.79 Å². The largest absolute Gasteiger partial charge is 0.480 e. The normalized spacial score (nSPS) is 28.2. The Kier molecular flexibility index (Phi) is 3.70. The molecule has 1 amide bonds. The molecule has 0 aromatic heterocycles. The van der Waals surface area contributed by atoms with Crippen molar-refractivity contribution in [1.29, 1.82) is 0 Å². The number of rotatable bonds is 3. The van der Waals surface area contributed by atoms with Gasteiger partial charge < -0.3 is 10.0 Å². The fourth-order valence-electron chi connectivity index (χ4n) is 3.48. The summed E-state index contributed by atoms with van der Waals surface area (Å²) >= 11 is 0. The molecule has 3 rings (SSSR count). The third-order valence-electron chi connectivity index (χ3n) is 4.77. The van der Waals surface area contributed by atoms with E-state index in [0.29, 0.717) is 13.0 Å². The predicted molar refractivity (Wildman–Crippen MR) is 79.0 cm³/mol. The van der Waals surface area contributed by atoms with Gasteiger partial charge in [0, 0.05) is 12.5 Å². The molecule has 1 saturated carbocycles. The van der Waals surface area contributed by atoms with E-state index in [9.17, 15) is 14.7 Å². The molecule has 2 aliphatic rings. The van der Waals surface area contributed by atoms with Gasteiger partial charge in [-0.2, -0.15) is 0 Å². The summed E-state index contributed by atoms with van der Waals surface area (Å²) in [5.41, 5.74) is 2.45. The van der Waals surface area contributed by atoms with Gasteiger partial charge in [0.15, 0.2) is 0 Å². The van der Waals surface area contributed by atoms with Crippen molar-refractivity contribution in [3.8, 4) is 0 Å². The minimum atomic E-state index is -0.865. The predicted octanol–water partition coefficient (Wildman–Crippen LogP) is 2.56. The number of amides is 1. The number of piperidine rings is 1. The average molecular weight is 287 g/mol. The van der Waals surface area contributed by atoms with E-state index in [1.807, 2.05) is 12.1 Å². The highest BCUT2D eigenvalue weighted by molar-refractivity contribution is 5.88. The van der Waals surface area contributed by atoms with Crippen molar-refractivity contribution >= 4 is 11.9 Å². The van der Waals surface area contributed by atoms with Crippen molar-refractivity contribution in [3.63, 3.8) is 0 Å². The van der Waals surface area contributed by atoms with Gasteiger partial charge >= 0.3 is 5.97 Å². The quantitative estimate of drug-likeness (QED) is 0.929. The van der Waals surface area contributed by atoms with Gasteiger partial charge in [-0.25, -0.2) is 4.79 Å². The fraction of sp³-hybridized carbons (Fsp3) is 0.529. The van der Waals surface area contributed by atoms with Crippen LogP contribution < -0.4 is 0 Å². The topological polar surface area (TPSA) is 57.6 Å². The fourth-order valence-corrected chi connectivity index (χ4v) is 3.48. The molecule has 0 spiro atoms. The van der Waals surface area contributed by atoms with Crippen LogP contribution >= 0.6 is 0 Å². The van der Waals surface area contributed by atoms with Crippen LogP contribution in [0, 0.1) is 12.8 Å². The van der Waals surface area contributed by atoms with Crippen molar-refractivity contribution in [3.05, 3.63) is 35.4 Å². The van der Waals surface area contributed by atoms with E-state index in [0.717, 1.165) is 19.3 Å². The van der Waals surface area contributed by atoms with E-state index in [4.69, 9.17) is 0 Å². The summed E-state index contributed by atoms with van der Waals surface area (Å²) in [6.07, 6.45) is 3.25. The van der Waals surface area contributed by atoms with Gasteiger partial charge in [-0.15, -0.1) is 0 Å². The minimum absolute atomic E-state index is 0.0222. The van der Waals surface area contributed by atoms with Gasteiger partial charge in [0.1, 0.15) is 6.04 Å². The molecule has 3 atom stereocenters. The molecule has 1 aliphatic carbocycles. The Morgan fingerprint density at radius 1 is 1.24 bits per heavy atom. The summed E-state index contributed by atoms with van der Waals surface area (Å²) in [4.78, 5) is 25.6. The first-order valence-electron chi connectivity index (χ1n) is 7.68. The molecule has 4 heteroatoms. The molecule has 2 fully saturated rings. The SMILES string of the molecule is Cc1ccccc1C1CC1C(=O)N1CCCCC1C(=O)O. The Morgan fingerprint density at radius 2 is 2.00 bits per heavy atom. The van der Waals surface area contributed by atoms with Gasteiger partial charge in [0.2, 0.25) is 5.91 Å². The number of hydrogen-bond donors (Lipinski definition) is 1. The molecule has 1 saturated heterocycles. The summed E-state index contributed by atoms with van der Waals surface area (Å²) in [6, 6.07) is 7.53. The lowest BCUT2D eigenvalue weighted by Crippen LogP contribution is -2.48. The summed E-state index contributed by atoms with van der Waals surface area (Å²) in [7, 11) is 0. The number of benzene rings is 1. The Bertz CT molecular complexity index is 569. The number of likely N-dealkylation sites (tertiary alicyclic amines) is 1. The van der Waals surface area contributed by atoms with E-state index in [-0.39, 0.29) is 17.7 Å². The number of hydrogen-bond acceptors (Lipinski definition) is 2. The monoisotopic (exact) mass is 287 g/mol. The number of aliphatic carboxylic acids is 1. The second-order valence-electron chi connectivity index (χ2n) is 6.19. The molecular formula is C17H21NO3. The molecule has 1 aromatic rings. The molecule has 3 unspecified atom stereocenters. The lowest BCUT2D eigenvalue weighted by Gasteiger charge is -2.33. The second-order valence-corrected chi connectivity index (χ2v) is 6.19. The number of aryl methyl sites for hydroxylation is 1. The van der Waals surface area contributed by atoms with E-state index in [1.54, 1.807) is 4.90 Å². The molecule has 0 radical (unpaired) electrons. The van der Waals surface area contributed by atoms with Crippen molar-refractivity contribution in [2.24, 2.45) is 5.92 Å². The average Bonchev–Trinajstić information content (AvgIpc) is 3.27. The zero-order valence-electron chi connectivity index (χ0n) is 12.3. The first-order valence-corrected chi connectivity index (χ1v) is 7.68. The number of carboxylic acids is 1. The standard InChI is InChI=1S/C17H21NO3/c1-11-6-2-3-7-12(11)13-10-14(13)16(19)18-9-5-4-8-15(18)17(20)21/h2-3,6-7,13-15H,4-5,8-10H2,1H3,(H,20,21). The smallest absolute Gasteiger partial charge is 0.326 e. The van der Waals surface area contributed by atoms with Gasteiger partial charge in [0.05, 0.1) is 0 Å². The molecule has 1 heterocycles. The van der Waals surface area contributed by atoms with Crippen LogP contribution in [0.4, 0.5) is 0 Å². The maximum atomic E-state index is 12.6. The van der Waals surface area contributed by atoms with Crippen molar-refractivity contribution < 1.29 is 14.7 Å². The molecule has 1 aliphatic heterocycles. The van der Waals surface area contributed by atoms with Crippen molar-refractivity contribution in [2.45, 2.75) is 44.6 Å². The van der Waals surface area contributed by atoms with Crippen molar-refractivity contribution in [2.75, 3.05) is 6.54 Å². The number of nitrogens with zero attached hydrogens (tertiary/aromatic N) is 1. The molecule has 112 valence electrons. The van der Waals surface area contributed by atoms with Crippen molar-refractivity contribution in [1.82, 2.24) is 4.90 Å². The summed E-state index contributed by atoms with van der Waals surface area (Å²) in [5, 5.41) is 9.29. The third kappa shape index (κ3) is 2.67. The van der Waals surface area contributed by atoms with Crippen LogP contribution in [0.2, 0.25) is 0 Å². The molecule has 21 heavy (non-hydrogen) atoms. The molecule has 1 aromatic carbocycles. The van der Waals surface area contributed by atoms with Crippen LogP contribution in [0.3, 0.4) is 0 Å². The highest BCUT2D eigenvalue weighted by Gasteiger charge is 2.48. The molecule has 1 N–H and O–H groups in total. The number of carboxylic acid groups (broad SMARTS) is 1. The Labute approximate surface area is 124 Å². The number of carbonyl (C=O) groups is 2. The van der Waals surface area contributed by atoms with Crippen LogP contribution in [-0.2, 0) is 9.59 Å². The number of carbonyl (C=O) groups excluding carboxylic acids is 1.